The fourth-order valence-electron chi connectivity index (χ4n) is 1.77. The van der Waals surface area contributed by atoms with E-state index in [1.54, 1.807) is 0 Å². The molecule has 1 atom stereocenters. The minimum atomic E-state index is -4.58. The van der Waals surface area contributed by atoms with Crippen molar-refractivity contribution < 1.29 is 27.6 Å². The zero-order valence-electron chi connectivity index (χ0n) is 10.5. The maximum atomic E-state index is 12.3. The van der Waals surface area contributed by atoms with Crippen LogP contribution in [0.5, 0.6) is 0 Å². The standard InChI is InChI=1S/C12H10F3N3O3/c13-12(14,15)8-3-1-6(5-16-8)10(20)17-7-2-4-9(19)18-11(7)21/h1,3,5,7H,2,4H2,(H,17,20)(H,18,19,21). The second-order valence-electron chi connectivity index (χ2n) is 4.41. The third-order valence-corrected chi connectivity index (χ3v) is 2.86. The molecular weight excluding hydrogens is 291 g/mol. The average Bonchev–Trinajstić information content (AvgIpc) is 2.41. The first-order chi connectivity index (χ1) is 9.77. The Morgan fingerprint density at radius 2 is 2.05 bits per heavy atom. The van der Waals surface area contributed by atoms with Gasteiger partial charge in [0.1, 0.15) is 11.7 Å². The first-order valence-corrected chi connectivity index (χ1v) is 5.95. The van der Waals surface area contributed by atoms with Crippen LogP contribution in [0, 0.1) is 0 Å². The smallest absolute Gasteiger partial charge is 0.340 e. The molecule has 0 aliphatic carbocycles. The van der Waals surface area contributed by atoms with E-state index >= 15 is 0 Å². The molecule has 1 aromatic heterocycles. The van der Waals surface area contributed by atoms with Crippen molar-refractivity contribution >= 4 is 17.7 Å². The summed E-state index contributed by atoms with van der Waals surface area (Å²) in [4.78, 5) is 37.3. The van der Waals surface area contributed by atoms with Gasteiger partial charge in [-0.2, -0.15) is 13.2 Å². The summed E-state index contributed by atoms with van der Waals surface area (Å²) < 4.78 is 37.0. The molecule has 0 bridgehead atoms. The summed E-state index contributed by atoms with van der Waals surface area (Å²) in [5, 5.41) is 4.40. The van der Waals surface area contributed by atoms with Gasteiger partial charge in [0.05, 0.1) is 5.56 Å². The van der Waals surface area contributed by atoms with Crippen LogP contribution in [0.1, 0.15) is 28.9 Å². The number of imide groups is 1. The van der Waals surface area contributed by atoms with Gasteiger partial charge < -0.3 is 5.32 Å². The second-order valence-corrected chi connectivity index (χ2v) is 4.41. The van der Waals surface area contributed by atoms with Gasteiger partial charge in [-0.15, -0.1) is 0 Å². The highest BCUT2D eigenvalue weighted by atomic mass is 19.4. The lowest BCUT2D eigenvalue weighted by Gasteiger charge is -2.21. The van der Waals surface area contributed by atoms with E-state index in [0.29, 0.717) is 6.07 Å². The average molecular weight is 301 g/mol. The van der Waals surface area contributed by atoms with Crippen molar-refractivity contribution in [2.75, 3.05) is 0 Å². The molecule has 9 heteroatoms. The van der Waals surface area contributed by atoms with E-state index in [2.05, 4.69) is 15.6 Å². The Balaban J connectivity index is 2.04. The van der Waals surface area contributed by atoms with Crippen LogP contribution < -0.4 is 10.6 Å². The van der Waals surface area contributed by atoms with E-state index in [0.717, 1.165) is 12.3 Å². The molecule has 3 amide bonds. The lowest BCUT2D eigenvalue weighted by Crippen LogP contribution is -2.52. The minimum absolute atomic E-state index is 0.0853. The molecule has 1 aromatic rings. The molecule has 1 fully saturated rings. The van der Waals surface area contributed by atoms with Gasteiger partial charge in [-0.3, -0.25) is 24.7 Å². The number of nitrogens with zero attached hydrogens (tertiary/aromatic N) is 1. The van der Waals surface area contributed by atoms with Crippen molar-refractivity contribution in [3.8, 4) is 0 Å². The Kier molecular flexibility index (Phi) is 3.92. The maximum Gasteiger partial charge on any atom is 0.433 e. The third-order valence-electron chi connectivity index (χ3n) is 2.86. The molecule has 2 N–H and O–H groups in total. The predicted molar refractivity (Wildman–Crippen MR) is 62.9 cm³/mol. The van der Waals surface area contributed by atoms with E-state index in [1.807, 2.05) is 0 Å². The topological polar surface area (TPSA) is 88.2 Å². The number of alkyl halides is 3. The number of hydrogen-bond acceptors (Lipinski definition) is 4. The highest BCUT2D eigenvalue weighted by Crippen LogP contribution is 2.27. The van der Waals surface area contributed by atoms with Crippen LogP contribution in [-0.2, 0) is 15.8 Å². The quantitative estimate of drug-likeness (QED) is 0.784. The molecule has 1 unspecified atom stereocenters. The third kappa shape index (κ3) is 3.56. The van der Waals surface area contributed by atoms with Crippen LogP contribution in [0.2, 0.25) is 0 Å². The zero-order valence-corrected chi connectivity index (χ0v) is 10.5. The highest BCUT2D eigenvalue weighted by Gasteiger charge is 2.32. The summed E-state index contributed by atoms with van der Waals surface area (Å²) in [7, 11) is 0. The van der Waals surface area contributed by atoms with E-state index in [-0.39, 0.29) is 18.4 Å². The molecule has 0 aromatic carbocycles. The van der Waals surface area contributed by atoms with Crippen LogP contribution >= 0.6 is 0 Å². The minimum Gasteiger partial charge on any atom is -0.340 e. The number of rotatable bonds is 2. The van der Waals surface area contributed by atoms with Gasteiger partial charge in [0.2, 0.25) is 11.8 Å². The largest absolute Gasteiger partial charge is 0.433 e. The first-order valence-electron chi connectivity index (χ1n) is 5.95. The van der Waals surface area contributed by atoms with E-state index < -0.39 is 35.6 Å². The molecule has 1 aliphatic rings. The number of halogens is 3. The van der Waals surface area contributed by atoms with Gasteiger partial charge in [-0.25, -0.2) is 0 Å². The first kappa shape index (κ1) is 14.9. The normalized spacial score (nSPS) is 19.1. The number of carbonyl (C=O) groups excluding carboxylic acids is 3. The van der Waals surface area contributed by atoms with Crippen LogP contribution in [0.15, 0.2) is 18.3 Å². The summed E-state index contributed by atoms with van der Waals surface area (Å²) >= 11 is 0. The molecule has 112 valence electrons. The molecular formula is C12H10F3N3O3. The Bertz CT molecular complexity index is 584. The number of nitrogens with one attached hydrogen (secondary N) is 2. The van der Waals surface area contributed by atoms with Crippen LogP contribution in [-0.4, -0.2) is 28.7 Å². The number of aromatic nitrogens is 1. The molecule has 0 saturated carbocycles. The Morgan fingerprint density at radius 1 is 1.33 bits per heavy atom. The summed E-state index contributed by atoms with van der Waals surface area (Å²) in [6, 6.07) is 0.758. The van der Waals surface area contributed by atoms with Crippen LogP contribution in [0.25, 0.3) is 0 Å². The summed E-state index contributed by atoms with van der Waals surface area (Å²) in [6.45, 7) is 0. The lowest BCUT2D eigenvalue weighted by molar-refractivity contribution is -0.141. The fourth-order valence-corrected chi connectivity index (χ4v) is 1.77. The number of pyridine rings is 1. The van der Waals surface area contributed by atoms with Crippen molar-refractivity contribution in [1.82, 2.24) is 15.6 Å². The molecule has 6 nitrogen and oxygen atoms in total. The lowest BCUT2D eigenvalue weighted by atomic mass is 10.1. The predicted octanol–water partition coefficient (Wildman–Crippen LogP) is 0.635. The van der Waals surface area contributed by atoms with E-state index in [1.165, 1.54) is 0 Å². The number of hydrogen-bond donors (Lipinski definition) is 2. The number of amides is 3. The van der Waals surface area contributed by atoms with Gasteiger partial charge in [0.15, 0.2) is 0 Å². The molecule has 1 aliphatic heterocycles. The van der Waals surface area contributed by atoms with Crippen molar-refractivity contribution in [2.24, 2.45) is 0 Å². The molecule has 1 saturated heterocycles. The molecule has 0 radical (unpaired) electrons. The van der Waals surface area contributed by atoms with Crippen molar-refractivity contribution in [3.05, 3.63) is 29.6 Å². The van der Waals surface area contributed by atoms with Crippen LogP contribution in [0.4, 0.5) is 13.2 Å². The highest BCUT2D eigenvalue weighted by molar-refractivity contribution is 6.03. The van der Waals surface area contributed by atoms with Gasteiger partial charge in [0.25, 0.3) is 5.91 Å². The second kappa shape index (κ2) is 5.51. The van der Waals surface area contributed by atoms with Gasteiger partial charge >= 0.3 is 6.18 Å². The Hall–Kier alpha value is -2.45. The van der Waals surface area contributed by atoms with E-state index in [4.69, 9.17) is 0 Å². The number of piperidine rings is 1. The van der Waals surface area contributed by atoms with E-state index in [9.17, 15) is 27.6 Å². The Morgan fingerprint density at radius 3 is 2.57 bits per heavy atom. The van der Waals surface area contributed by atoms with Crippen molar-refractivity contribution in [2.45, 2.75) is 25.1 Å². The molecule has 21 heavy (non-hydrogen) atoms. The fraction of sp³-hybridized carbons (Fsp3) is 0.333. The van der Waals surface area contributed by atoms with Gasteiger partial charge in [-0.05, 0) is 18.6 Å². The van der Waals surface area contributed by atoms with Crippen molar-refractivity contribution in [3.63, 3.8) is 0 Å². The Labute approximate surface area is 116 Å². The summed E-state index contributed by atoms with van der Waals surface area (Å²) in [5.74, 6) is -1.80. The zero-order chi connectivity index (χ0) is 15.6. The SMILES string of the molecule is O=C1CCC(NC(=O)c2ccc(C(F)(F)F)nc2)C(=O)N1. The number of carbonyl (C=O) groups is 3. The van der Waals surface area contributed by atoms with Crippen molar-refractivity contribution in [1.29, 1.82) is 0 Å². The maximum absolute atomic E-state index is 12.3. The molecule has 2 rings (SSSR count). The molecule has 2 heterocycles. The monoisotopic (exact) mass is 301 g/mol. The van der Waals surface area contributed by atoms with Crippen LogP contribution in [0.3, 0.4) is 0 Å². The molecule has 0 spiro atoms. The summed E-state index contributed by atoms with van der Waals surface area (Å²) in [5.41, 5.74) is -1.22. The van der Waals surface area contributed by atoms with Gasteiger partial charge in [-0.1, -0.05) is 0 Å². The summed E-state index contributed by atoms with van der Waals surface area (Å²) in [6.07, 6.45) is -3.57. The van der Waals surface area contributed by atoms with Gasteiger partial charge in [0, 0.05) is 12.6 Å².